The molecule has 1 aromatic carbocycles. The molecular formula is C14H18O3S2. The second-order valence-corrected chi connectivity index (χ2v) is 7.23. The number of rotatable bonds is 3. The summed E-state index contributed by atoms with van der Waals surface area (Å²) in [7, 11) is -3.67. The van der Waals surface area contributed by atoms with Crippen LogP contribution in [-0.4, -0.2) is 26.0 Å². The lowest BCUT2D eigenvalue weighted by Gasteiger charge is -2.24. The van der Waals surface area contributed by atoms with Crippen LogP contribution in [0.15, 0.2) is 40.8 Å². The Labute approximate surface area is 119 Å². The first-order valence-corrected chi connectivity index (χ1v) is 8.82. The predicted octanol–water partition coefficient (Wildman–Crippen LogP) is 3.15. The SMILES string of the molecule is C/C=C1\CSCCC1OS(=O)(=O)c1ccc(C)cc1. The number of thioether (sulfide) groups is 1. The van der Waals surface area contributed by atoms with Crippen molar-refractivity contribution in [1.82, 2.24) is 0 Å². The molecule has 1 aliphatic rings. The normalized spacial score (nSPS) is 22.6. The van der Waals surface area contributed by atoms with E-state index in [0.29, 0.717) is 0 Å². The molecule has 2 rings (SSSR count). The number of aryl methyl sites for hydroxylation is 1. The van der Waals surface area contributed by atoms with E-state index < -0.39 is 10.1 Å². The van der Waals surface area contributed by atoms with Crippen LogP contribution in [0.25, 0.3) is 0 Å². The molecule has 0 bridgehead atoms. The van der Waals surface area contributed by atoms with Crippen molar-refractivity contribution < 1.29 is 12.6 Å². The summed E-state index contributed by atoms with van der Waals surface area (Å²) in [5, 5.41) is 0. The van der Waals surface area contributed by atoms with Crippen LogP contribution in [0.4, 0.5) is 0 Å². The highest BCUT2D eigenvalue weighted by Crippen LogP contribution is 2.28. The molecule has 104 valence electrons. The van der Waals surface area contributed by atoms with Crippen molar-refractivity contribution >= 4 is 21.9 Å². The fourth-order valence-corrected chi connectivity index (χ4v) is 4.17. The van der Waals surface area contributed by atoms with Gasteiger partial charge in [0.05, 0.1) is 11.0 Å². The van der Waals surface area contributed by atoms with Crippen molar-refractivity contribution in [3.05, 3.63) is 41.5 Å². The van der Waals surface area contributed by atoms with Crippen LogP contribution in [0.1, 0.15) is 18.9 Å². The summed E-state index contributed by atoms with van der Waals surface area (Å²) >= 11 is 1.81. The molecule has 1 atom stereocenters. The number of hydrogen-bond acceptors (Lipinski definition) is 4. The maximum Gasteiger partial charge on any atom is 0.297 e. The van der Waals surface area contributed by atoms with Gasteiger partial charge in [0.15, 0.2) is 0 Å². The summed E-state index contributed by atoms with van der Waals surface area (Å²) in [6.45, 7) is 3.85. The van der Waals surface area contributed by atoms with Crippen LogP contribution in [0.5, 0.6) is 0 Å². The summed E-state index contributed by atoms with van der Waals surface area (Å²) in [6, 6.07) is 6.75. The van der Waals surface area contributed by atoms with Crippen LogP contribution in [0.3, 0.4) is 0 Å². The van der Waals surface area contributed by atoms with Gasteiger partial charge in [-0.05, 0) is 43.7 Å². The van der Waals surface area contributed by atoms with E-state index in [-0.39, 0.29) is 11.0 Å². The van der Waals surface area contributed by atoms with Gasteiger partial charge >= 0.3 is 0 Å². The Morgan fingerprint density at radius 1 is 1.32 bits per heavy atom. The van der Waals surface area contributed by atoms with E-state index in [4.69, 9.17) is 4.18 Å². The summed E-state index contributed by atoms with van der Waals surface area (Å²) < 4.78 is 29.8. The minimum Gasteiger partial charge on any atom is -0.258 e. The third-order valence-electron chi connectivity index (χ3n) is 3.13. The van der Waals surface area contributed by atoms with Crippen molar-refractivity contribution in [3.8, 4) is 0 Å². The van der Waals surface area contributed by atoms with Crippen LogP contribution in [0, 0.1) is 6.92 Å². The minimum absolute atomic E-state index is 0.228. The zero-order valence-electron chi connectivity index (χ0n) is 11.1. The number of hydrogen-bond donors (Lipinski definition) is 0. The lowest BCUT2D eigenvalue weighted by Crippen LogP contribution is -2.25. The summed E-state index contributed by atoms with van der Waals surface area (Å²) in [6.07, 6.45) is 2.40. The molecule has 0 spiro atoms. The largest absolute Gasteiger partial charge is 0.297 e. The van der Waals surface area contributed by atoms with E-state index >= 15 is 0 Å². The Morgan fingerprint density at radius 2 is 2.00 bits per heavy atom. The molecule has 1 unspecified atom stereocenters. The highest BCUT2D eigenvalue weighted by molar-refractivity contribution is 7.99. The quantitative estimate of drug-likeness (QED) is 0.635. The smallest absolute Gasteiger partial charge is 0.258 e. The van der Waals surface area contributed by atoms with E-state index in [1.54, 1.807) is 24.3 Å². The molecular weight excluding hydrogens is 280 g/mol. The van der Waals surface area contributed by atoms with Crippen LogP contribution >= 0.6 is 11.8 Å². The molecule has 1 fully saturated rings. The molecule has 3 nitrogen and oxygen atoms in total. The Hall–Kier alpha value is -0.780. The maximum absolute atomic E-state index is 12.2. The molecule has 19 heavy (non-hydrogen) atoms. The Morgan fingerprint density at radius 3 is 2.63 bits per heavy atom. The van der Waals surface area contributed by atoms with Gasteiger partial charge in [0.2, 0.25) is 0 Å². The van der Waals surface area contributed by atoms with Crippen LogP contribution in [-0.2, 0) is 14.3 Å². The van der Waals surface area contributed by atoms with E-state index in [0.717, 1.165) is 29.1 Å². The average molecular weight is 298 g/mol. The third kappa shape index (κ3) is 3.61. The topological polar surface area (TPSA) is 43.4 Å². The Bertz CT molecular complexity index is 559. The predicted molar refractivity (Wildman–Crippen MR) is 78.9 cm³/mol. The van der Waals surface area contributed by atoms with E-state index in [1.807, 2.05) is 31.7 Å². The molecule has 1 heterocycles. The molecule has 1 aromatic rings. The van der Waals surface area contributed by atoms with Gasteiger partial charge in [0.1, 0.15) is 0 Å². The fraction of sp³-hybridized carbons (Fsp3) is 0.429. The zero-order valence-corrected chi connectivity index (χ0v) is 12.8. The second kappa shape index (κ2) is 6.11. The van der Waals surface area contributed by atoms with Gasteiger partial charge in [-0.15, -0.1) is 0 Å². The molecule has 0 aliphatic carbocycles. The first-order chi connectivity index (χ1) is 9.03. The molecule has 0 aromatic heterocycles. The summed E-state index contributed by atoms with van der Waals surface area (Å²) in [5.41, 5.74) is 2.09. The van der Waals surface area contributed by atoms with Crippen molar-refractivity contribution in [2.24, 2.45) is 0 Å². The van der Waals surface area contributed by atoms with Crippen LogP contribution in [0.2, 0.25) is 0 Å². The fourth-order valence-electron chi connectivity index (χ4n) is 1.95. The van der Waals surface area contributed by atoms with Gasteiger partial charge in [0.25, 0.3) is 10.1 Å². The lowest BCUT2D eigenvalue weighted by atomic mass is 10.1. The Kier molecular flexibility index (Phi) is 4.71. The van der Waals surface area contributed by atoms with Gasteiger partial charge in [-0.1, -0.05) is 23.8 Å². The summed E-state index contributed by atoms with van der Waals surface area (Å²) in [5.74, 6) is 1.79. The van der Waals surface area contributed by atoms with Crippen molar-refractivity contribution in [1.29, 1.82) is 0 Å². The van der Waals surface area contributed by atoms with Crippen molar-refractivity contribution in [3.63, 3.8) is 0 Å². The molecule has 0 saturated carbocycles. The highest BCUT2D eigenvalue weighted by Gasteiger charge is 2.26. The molecule has 0 N–H and O–H groups in total. The van der Waals surface area contributed by atoms with Gasteiger partial charge in [-0.3, -0.25) is 4.18 Å². The minimum atomic E-state index is -3.67. The maximum atomic E-state index is 12.2. The molecule has 1 saturated heterocycles. The van der Waals surface area contributed by atoms with E-state index in [2.05, 4.69) is 0 Å². The Balaban J connectivity index is 2.19. The van der Waals surface area contributed by atoms with Gasteiger partial charge in [-0.2, -0.15) is 20.2 Å². The number of benzene rings is 1. The average Bonchev–Trinajstić information content (AvgIpc) is 2.39. The standard InChI is InChI=1S/C14H18O3S2/c1-3-12-10-18-9-8-14(12)17-19(15,16)13-6-4-11(2)5-7-13/h3-7,14H,8-10H2,1-2H3/b12-3+. The van der Waals surface area contributed by atoms with Crippen LogP contribution < -0.4 is 0 Å². The van der Waals surface area contributed by atoms with Crippen molar-refractivity contribution in [2.45, 2.75) is 31.3 Å². The summed E-state index contributed by atoms with van der Waals surface area (Å²) in [4.78, 5) is 0.228. The lowest BCUT2D eigenvalue weighted by molar-refractivity contribution is 0.239. The van der Waals surface area contributed by atoms with Gasteiger partial charge in [-0.25, -0.2) is 0 Å². The second-order valence-electron chi connectivity index (χ2n) is 4.56. The molecule has 0 amide bonds. The third-order valence-corrected chi connectivity index (χ3v) is 5.53. The van der Waals surface area contributed by atoms with Gasteiger partial charge in [0, 0.05) is 5.75 Å². The molecule has 5 heteroatoms. The van der Waals surface area contributed by atoms with Crippen molar-refractivity contribution in [2.75, 3.05) is 11.5 Å². The molecule has 0 radical (unpaired) electrons. The highest BCUT2D eigenvalue weighted by atomic mass is 32.2. The number of allylic oxidation sites excluding steroid dienone is 1. The van der Waals surface area contributed by atoms with Gasteiger partial charge < -0.3 is 0 Å². The van der Waals surface area contributed by atoms with E-state index in [9.17, 15) is 8.42 Å². The zero-order chi connectivity index (χ0) is 13.9. The monoisotopic (exact) mass is 298 g/mol. The first-order valence-electron chi connectivity index (χ1n) is 6.26. The van der Waals surface area contributed by atoms with E-state index in [1.165, 1.54) is 0 Å². The first kappa shape index (κ1) is 14.6. The molecule has 1 aliphatic heterocycles.